The zero-order valence-corrected chi connectivity index (χ0v) is 54.0. The Hall–Kier alpha value is -11.4. The normalized spacial score (nSPS) is 14.6. The molecule has 19 aromatic rings. The molecule has 7 heterocycles. The van der Waals surface area contributed by atoms with Crippen LogP contribution in [-0.4, -0.2) is 28.9 Å². The van der Waals surface area contributed by atoms with Gasteiger partial charge in [0.15, 0.2) is 0 Å². The summed E-state index contributed by atoms with van der Waals surface area (Å²) < 4.78 is 12.3. The van der Waals surface area contributed by atoms with Crippen LogP contribution in [0.3, 0.4) is 0 Å². The van der Waals surface area contributed by atoms with Crippen LogP contribution >= 0.6 is 34.4 Å². The molecule has 0 bridgehead atoms. The first kappa shape index (κ1) is 54.0. The van der Waals surface area contributed by atoms with Gasteiger partial charge in [-0.2, -0.15) is 4.98 Å². The molecule has 2 aliphatic rings. The average molecular weight is 1280 g/mol. The molecule has 2 unspecified atom stereocenters. The molecule has 0 fully saturated rings. The van der Waals surface area contributed by atoms with Crippen LogP contribution in [0.25, 0.3) is 173 Å². The summed E-state index contributed by atoms with van der Waals surface area (Å²) in [6.45, 7) is 0. The number of para-hydroxylation sites is 3. The van der Waals surface area contributed by atoms with Gasteiger partial charge < -0.3 is 4.57 Å². The maximum Gasteiger partial charge on any atom is 0.237 e. The third kappa shape index (κ3) is 8.36. The number of hydrogen-bond acceptors (Lipinski definition) is 5. The van der Waals surface area contributed by atoms with Gasteiger partial charge in [-0.05, 0) is 141 Å². The van der Waals surface area contributed by atoms with Gasteiger partial charge in [-0.3, -0.25) is 9.13 Å². The van der Waals surface area contributed by atoms with Gasteiger partial charge in [0.25, 0.3) is 0 Å². The molecule has 8 heteroatoms. The second-order valence-electron chi connectivity index (χ2n) is 25.5. The van der Waals surface area contributed by atoms with E-state index in [0.29, 0.717) is 17.1 Å². The molecule has 448 valence electrons. The fourth-order valence-corrected chi connectivity index (χ4v) is 19.2. The van der Waals surface area contributed by atoms with E-state index in [1.165, 1.54) is 94.9 Å². The van der Waals surface area contributed by atoms with E-state index in [4.69, 9.17) is 9.97 Å². The highest BCUT2D eigenvalue weighted by Gasteiger charge is 2.32. The van der Waals surface area contributed by atoms with Crippen molar-refractivity contribution >= 4 is 146 Å². The summed E-state index contributed by atoms with van der Waals surface area (Å²) in [5.41, 5.74) is 20.4. The Morgan fingerprint density at radius 2 is 0.740 bits per heavy atom. The van der Waals surface area contributed by atoms with Gasteiger partial charge in [0.2, 0.25) is 5.95 Å². The Kier molecular flexibility index (Phi) is 11.9. The van der Waals surface area contributed by atoms with Crippen LogP contribution in [0.5, 0.6) is 0 Å². The van der Waals surface area contributed by atoms with E-state index in [1.54, 1.807) is 0 Å². The number of thiophene rings is 2. The van der Waals surface area contributed by atoms with Crippen LogP contribution in [0.4, 0.5) is 0 Å². The van der Waals surface area contributed by atoms with Crippen molar-refractivity contribution < 1.29 is 0 Å². The summed E-state index contributed by atoms with van der Waals surface area (Å²) in [5.74, 6) is 1.75. The Bertz CT molecular complexity index is 6320. The summed E-state index contributed by atoms with van der Waals surface area (Å²) in [6, 6.07) is 108. The van der Waals surface area contributed by atoms with Gasteiger partial charge >= 0.3 is 0 Å². The lowest BCUT2D eigenvalue weighted by atomic mass is 9.87. The van der Waals surface area contributed by atoms with Crippen molar-refractivity contribution in [2.24, 2.45) is 0 Å². The van der Waals surface area contributed by atoms with E-state index in [9.17, 15) is 0 Å². The van der Waals surface area contributed by atoms with E-state index in [-0.39, 0.29) is 0 Å². The zero-order valence-electron chi connectivity index (χ0n) is 51.6. The molecule has 2 atom stereocenters. The highest BCUT2D eigenvalue weighted by Crippen LogP contribution is 2.50. The number of nitrogens with zero attached hydrogens (tertiary/aromatic N) is 5. The Balaban J connectivity index is 0.704. The molecule has 6 aromatic heterocycles. The van der Waals surface area contributed by atoms with Crippen molar-refractivity contribution in [3.8, 4) is 62.1 Å². The van der Waals surface area contributed by atoms with E-state index in [0.717, 1.165) is 88.6 Å². The second-order valence-corrected chi connectivity index (χ2v) is 28.9. The maximum absolute atomic E-state index is 5.77. The first-order valence-corrected chi connectivity index (χ1v) is 35.2. The predicted octanol–water partition coefficient (Wildman–Crippen LogP) is 24.4. The fraction of sp³-hybridized carbons (Fsp3) is 0.0227. The van der Waals surface area contributed by atoms with Crippen LogP contribution < -0.4 is 0 Å². The van der Waals surface area contributed by atoms with Crippen LogP contribution in [0.1, 0.15) is 17.0 Å². The summed E-state index contributed by atoms with van der Waals surface area (Å²) in [6.07, 6.45) is 7.23. The highest BCUT2D eigenvalue weighted by molar-refractivity contribution is 8.00. The summed E-state index contributed by atoms with van der Waals surface area (Å²) >= 11 is 5.68. The van der Waals surface area contributed by atoms with Gasteiger partial charge in [-0.15, -0.1) is 34.4 Å². The number of aromatic nitrogens is 5. The second kappa shape index (κ2) is 21.1. The van der Waals surface area contributed by atoms with Gasteiger partial charge in [0.05, 0.1) is 38.8 Å². The lowest BCUT2D eigenvalue weighted by molar-refractivity contribution is 0.884. The molecule has 0 saturated heterocycles. The molecule has 5 nitrogen and oxygen atoms in total. The number of benzene rings is 13. The van der Waals surface area contributed by atoms with Crippen molar-refractivity contribution in [2.75, 3.05) is 0 Å². The molecular weight excluding hydrogens is 1220 g/mol. The molecule has 0 amide bonds. The monoisotopic (exact) mass is 1280 g/mol. The average Bonchev–Trinajstić information content (AvgIpc) is 1.66. The van der Waals surface area contributed by atoms with E-state index >= 15 is 0 Å². The van der Waals surface area contributed by atoms with E-state index < -0.39 is 0 Å². The Labute approximate surface area is 564 Å². The first-order valence-electron chi connectivity index (χ1n) is 32.7. The Morgan fingerprint density at radius 3 is 1.36 bits per heavy atom. The fourth-order valence-electron chi connectivity index (χ4n) is 15.7. The van der Waals surface area contributed by atoms with E-state index in [1.807, 2.05) is 34.4 Å². The summed E-state index contributed by atoms with van der Waals surface area (Å²) in [7, 11) is 0. The molecule has 0 radical (unpaired) electrons. The largest absolute Gasteiger partial charge is 0.309 e. The minimum atomic E-state index is 0.368. The third-order valence-corrected chi connectivity index (χ3v) is 23.9. The molecule has 13 aromatic carbocycles. The highest BCUT2D eigenvalue weighted by atomic mass is 32.2. The zero-order chi connectivity index (χ0) is 62.7. The predicted molar refractivity (Wildman–Crippen MR) is 409 cm³/mol. The molecule has 96 heavy (non-hydrogen) atoms. The van der Waals surface area contributed by atoms with Gasteiger partial charge in [-0.25, -0.2) is 4.98 Å². The Morgan fingerprint density at radius 1 is 0.302 bits per heavy atom. The minimum absolute atomic E-state index is 0.368. The van der Waals surface area contributed by atoms with Crippen molar-refractivity contribution in [1.82, 2.24) is 23.7 Å². The lowest BCUT2D eigenvalue weighted by Gasteiger charge is -2.19. The molecule has 0 N–H and O–H groups in total. The molecule has 0 saturated carbocycles. The third-order valence-electron chi connectivity index (χ3n) is 20.3. The molecule has 1 aliphatic heterocycles. The molecule has 0 spiro atoms. The number of allylic oxidation sites excluding steroid dienone is 3. The van der Waals surface area contributed by atoms with Crippen LogP contribution in [-0.2, 0) is 0 Å². The number of hydrogen-bond donors (Lipinski definition) is 0. The van der Waals surface area contributed by atoms with Crippen LogP contribution in [0, 0.1) is 0 Å². The smallest absolute Gasteiger partial charge is 0.237 e. The van der Waals surface area contributed by atoms with Crippen molar-refractivity contribution in [1.29, 1.82) is 0 Å². The standard InChI is InChI=1S/C88H53N5S3/c1-7-19-75-62(13-1)65-39-31-58(55-34-42-84-71(45-55)68-16-4-10-22-81(68)94-84)48-78(65)91(75)61-37-29-53(30-38-61)52-25-27-54(28-26-52)74-51-87(92-76-20-8-2-14-63(76)66-40-32-59(49-79(66)92)56-35-43-85-72(46-56)69-17-5-11-23-82(69)95-85)90-88(89-74)93-77-21-9-3-15-64(77)67-41-33-60(50-80(67)93)57-36-44-86-73(47-57)70-18-6-12-24-83(70)96-86/h1-51,71,84H. The topological polar surface area (TPSA) is 40.6 Å². The minimum Gasteiger partial charge on any atom is -0.309 e. The lowest BCUT2D eigenvalue weighted by Crippen LogP contribution is -2.08. The van der Waals surface area contributed by atoms with Gasteiger partial charge in [-0.1, -0.05) is 212 Å². The molecular formula is C88H53N5S3. The number of thioether (sulfide) groups is 1. The van der Waals surface area contributed by atoms with Gasteiger partial charge in [0, 0.05) is 106 Å². The summed E-state index contributed by atoms with van der Waals surface area (Å²) in [5, 5.41) is 12.7. The summed E-state index contributed by atoms with van der Waals surface area (Å²) in [4.78, 5) is 12.8. The maximum atomic E-state index is 5.77. The SMILES string of the molecule is C1=CC2Sc3ccccc3C2C=C1c1ccc2c3ccccc3n(-c3ccc(-c4ccc(-c5cc(-n6c7ccccc7c7ccc(-c8ccc9sc%10ccccc%10c9c8)cc76)nc(-n6c7ccccc7c7ccc(-c8ccc9sc%10ccccc%10c9c8)cc76)n5)cc4)cc3)c2c1. The van der Waals surface area contributed by atoms with Crippen molar-refractivity contribution in [2.45, 2.75) is 16.1 Å². The molecule has 21 rings (SSSR count). The molecule has 1 aliphatic carbocycles. The van der Waals surface area contributed by atoms with Crippen molar-refractivity contribution in [3.63, 3.8) is 0 Å². The first-order chi connectivity index (χ1) is 47.5. The quantitative estimate of drug-likeness (QED) is 0.152. The van der Waals surface area contributed by atoms with Crippen LogP contribution in [0.15, 0.2) is 314 Å². The van der Waals surface area contributed by atoms with Gasteiger partial charge in [0.1, 0.15) is 5.82 Å². The van der Waals surface area contributed by atoms with Crippen LogP contribution in [0.2, 0.25) is 0 Å². The van der Waals surface area contributed by atoms with E-state index in [2.05, 4.69) is 323 Å². The number of rotatable bonds is 8. The van der Waals surface area contributed by atoms with Crippen molar-refractivity contribution in [3.05, 3.63) is 321 Å². The number of fused-ring (bicyclic) bond motifs is 18.